The van der Waals surface area contributed by atoms with Gasteiger partial charge in [0.25, 0.3) is 0 Å². The van der Waals surface area contributed by atoms with Crippen LogP contribution in [0.3, 0.4) is 0 Å². The van der Waals surface area contributed by atoms with Crippen LogP contribution in [0.15, 0.2) is 42.6 Å². The van der Waals surface area contributed by atoms with Crippen LogP contribution in [0.25, 0.3) is 33.1 Å². The molecule has 69 heteroatoms. The lowest BCUT2D eigenvalue weighted by Crippen LogP contribution is -2.26. The third-order valence-corrected chi connectivity index (χ3v) is 30.4. The van der Waals surface area contributed by atoms with E-state index >= 15 is 0 Å². The minimum Gasteiger partial charge on any atom is -0.390 e. The maximum atomic E-state index is 12.5. The van der Waals surface area contributed by atoms with Gasteiger partial charge in [-0.05, 0) is 81.0 Å². The predicted octanol–water partition coefficient (Wildman–Crippen LogP) is 1.21. The summed E-state index contributed by atoms with van der Waals surface area (Å²) in [5.74, 6) is -0.0443. The number of nitrogens with zero attached hydrogens (tertiary/aromatic N) is 10. The Bertz CT molecular complexity index is 5370. The fraction of sp³-hybridized carbons (Fsp3) is 0.635. The highest BCUT2D eigenvalue weighted by Gasteiger charge is 2.48. The number of aromatic nitrogens is 9. The molecule has 0 aliphatic carbocycles. The fourth-order valence-electron chi connectivity index (χ4n) is 13.3. The largest absolute Gasteiger partial charge is 0.490 e. The number of nitrogens with one attached hydrogen (secondary N) is 4. The molecule has 746 valence electrons. The van der Waals surface area contributed by atoms with Crippen LogP contribution >= 0.6 is 70.4 Å². The van der Waals surface area contributed by atoms with Gasteiger partial charge in [-0.3, -0.25) is 37.7 Å². The predicted molar refractivity (Wildman–Crippen MR) is 457 cm³/mol. The van der Waals surface area contributed by atoms with Crippen LogP contribution < -0.4 is 55.7 Å². The first-order valence-electron chi connectivity index (χ1n) is 40.0. The summed E-state index contributed by atoms with van der Waals surface area (Å²) in [5, 5.41) is 44.3. The van der Waals surface area contributed by atoms with E-state index in [1.54, 1.807) is 32.3 Å². The number of unbranched alkanes of at least 4 members (excludes halogenated alkanes) is 9. The molecule has 31 N–H and O–H groups in total. The number of amides is 4. The molecule has 9 heterocycles. The van der Waals surface area contributed by atoms with E-state index in [2.05, 4.69) is 95.6 Å². The Morgan fingerprint density at radius 2 is 0.682 bits per heavy atom. The van der Waals surface area contributed by atoms with Crippen molar-refractivity contribution >= 4 is 151 Å². The van der Waals surface area contributed by atoms with Crippen molar-refractivity contribution in [3.8, 4) is 0 Å². The maximum Gasteiger partial charge on any atom is 0.490 e. The number of aliphatic imine (C=N–C) groups is 1. The number of hydrogen-bond donors (Lipinski definition) is 25. The normalized spacial score (nSPS) is 21.6. The van der Waals surface area contributed by atoms with Crippen molar-refractivity contribution in [1.29, 1.82) is 0 Å². The molecule has 15 atom stereocenters. The van der Waals surface area contributed by atoms with Crippen LogP contribution in [0.1, 0.15) is 158 Å². The van der Waals surface area contributed by atoms with Crippen LogP contribution in [0.4, 0.5) is 17.5 Å². The topological polar surface area (TPSA) is 945 Å². The molecule has 60 nitrogen and oxygen atoms in total. The summed E-state index contributed by atoms with van der Waals surface area (Å²) in [4.78, 5) is 186. The number of nitrogens with two attached hydrogens (primary N) is 6. The van der Waals surface area contributed by atoms with Crippen molar-refractivity contribution in [2.24, 2.45) is 22.2 Å². The number of aliphatic hydroxyl groups is 3. The molecule has 9 rings (SSSR count). The van der Waals surface area contributed by atoms with Crippen LogP contribution in [0.2, 0.25) is 0 Å². The van der Waals surface area contributed by atoms with E-state index in [4.69, 9.17) is 78.0 Å². The fourth-order valence-corrected chi connectivity index (χ4v) is 22.4. The molecule has 0 bridgehead atoms. The molecule has 0 spiro atoms. The Morgan fingerprint density at radius 3 is 0.947 bits per heavy atom. The number of phosphoric acid groups is 9. The molecule has 6 aromatic rings. The third kappa shape index (κ3) is 38.7. The minimum absolute atomic E-state index is 0.0395. The number of aliphatic hydroxyl groups excluding tert-OH is 3. The van der Waals surface area contributed by atoms with Gasteiger partial charge in [-0.1, -0.05) is 38.5 Å². The van der Waals surface area contributed by atoms with Gasteiger partial charge in [0.05, 0.1) is 54.3 Å². The van der Waals surface area contributed by atoms with Gasteiger partial charge >= 0.3 is 70.4 Å². The number of phosphoric ester groups is 3. The highest BCUT2D eigenvalue weighted by molar-refractivity contribution is 7.68. The van der Waals surface area contributed by atoms with Gasteiger partial charge in [-0.15, -0.1) is 0 Å². The number of ether oxygens (including phenoxy) is 3. The van der Waals surface area contributed by atoms with Crippen molar-refractivity contribution in [2.45, 2.75) is 197 Å². The Morgan fingerprint density at radius 1 is 0.409 bits per heavy atom. The lowest BCUT2D eigenvalue weighted by molar-refractivity contribution is -0.121. The Balaban J connectivity index is 0.000000271. The summed E-state index contributed by atoms with van der Waals surface area (Å²) >= 11 is 0. The average Bonchev–Trinajstić information content (AvgIpc) is 1.62. The van der Waals surface area contributed by atoms with Crippen LogP contribution in [0, 0.1) is 0 Å². The Labute approximate surface area is 750 Å². The zero-order valence-corrected chi connectivity index (χ0v) is 78.3. The highest BCUT2D eigenvalue weighted by Crippen LogP contribution is 2.69. The quantitative estimate of drug-likeness (QED) is 0.0110. The minimum atomic E-state index is -5.71. The second-order valence-corrected chi connectivity index (χ2v) is 42.6. The van der Waals surface area contributed by atoms with E-state index in [1.807, 2.05) is 0 Å². The number of carbonyl (C=O) groups is 4. The number of aryl methyl sites for hydroxylation is 3. The van der Waals surface area contributed by atoms with Crippen molar-refractivity contribution in [1.82, 2.24) is 64.9 Å². The zero-order valence-electron chi connectivity index (χ0n) is 70.2. The van der Waals surface area contributed by atoms with Crippen molar-refractivity contribution in [3.05, 3.63) is 54.3 Å². The van der Waals surface area contributed by atoms with Gasteiger partial charge < -0.3 is 158 Å². The van der Waals surface area contributed by atoms with E-state index in [0.717, 1.165) is 77.0 Å². The van der Waals surface area contributed by atoms with Crippen molar-refractivity contribution < 1.29 is 188 Å². The van der Waals surface area contributed by atoms with Gasteiger partial charge in [0.1, 0.15) is 90.4 Å². The molecule has 6 aromatic heterocycles. The van der Waals surface area contributed by atoms with E-state index in [0.29, 0.717) is 95.5 Å². The number of hydrogen-bond acceptors (Lipinski definition) is 39. The lowest BCUT2D eigenvalue weighted by Gasteiger charge is -2.19. The molecule has 3 aliphatic heterocycles. The number of rotatable bonds is 53. The molecule has 0 aromatic carbocycles. The lowest BCUT2D eigenvalue weighted by atomic mass is 10.1. The molecule has 9 unspecified atom stereocenters. The first-order chi connectivity index (χ1) is 61.5. The number of nitrogen functional groups attached to an aromatic ring is 3. The van der Waals surface area contributed by atoms with Crippen LogP contribution in [-0.2, 0) is 133 Å². The van der Waals surface area contributed by atoms with E-state index < -0.39 is 146 Å². The second kappa shape index (κ2) is 50.6. The summed E-state index contributed by atoms with van der Waals surface area (Å²) in [6.45, 7) is 2.35. The Hall–Kier alpha value is -6.64. The summed E-state index contributed by atoms with van der Waals surface area (Å²) in [7, 11) is -50.0. The van der Waals surface area contributed by atoms with Gasteiger partial charge in [-0.2, -0.15) is 25.9 Å². The summed E-state index contributed by atoms with van der Waals surface area (Å²) < 4.78 is 161. The molecule has 0 radical (unpaired) electrons. The summed E-state index contributed by atoms with van der Waals surface area (Å²) in [5.41, 5.74) is 37.3. The summed E-state index contributed by atoms with van der Waals surface area (Å²) in [6, 6.07) is 0. The molecule has 4 amide bonds. The average molecular weight is 2070 g/mol. The van der Waals surface area contributed by atoms with Gasteiger partial charge in [0, 0.05) is 96.8 Å². The highest BCUT2D eigenvalue weighted by atomic mass is 31.3. The molecule has 3 saturated heterocycles. The zero-order chi connectivity index (χ0) is 98.0. The number of fused-ring (bicyclic) bond motifs is 3. The summed E-state index contributed by atoms with van der Waals surface area (Å²) in [6.07, 6.45) is 10.2. The van der Waals surface area contributed by atoms with Crippen LogP contribution in [-0.4, -0.2) is 243 Å². The first-order valence-corrected chi connectivity index (χ1v) is 53.5. The molecule has 132 heavy (non-hydrogen) atoms. The van der Waals surface area contributed by atoms with E-state index in [1.165, 1.54) is 25.9 Å². The van der Waals surface area contributed by atoms with E-state index in [-0.39, 0.29) is 98.4 Å². The maximum absolute atomic E-state index is 12.5. The number of guanidine groups is 1. The first kappa shape index (κ1) is 112. The standard InChI is InChI=1S/C22H37N6O14P3.C21H37N8O13P3.C20H35N6O13P3/c1-14(29)24-8-4-2-3-5-9-25-18(31)7-6-15-11-28(22-20(15)21(23)26-13-27-22)19-10-16(30)17(40-19)12-39-44(35,36)42-45(37,38)41-43(32,33)34;22-19-18-13(5-6-16(31)25-7-3-1-2-4-8-26-21(23)24)10-29(20(18)28-12-27-19)17-9-14(30)15(40-17)11-39-44(35,36)42-45(37,38)41-43(32,33)34;21-7-3-1-2-4-8-23-16(28)6-5-13-10-26(20-18(13)19(22)24-12-25-20)17-9-14(27)15(37-17)11-36-41(32,33)39-42(34,35)38-40(29,30)31/h11,13,16-17,19,30H,2-10,12H2,1H3,(H,24,29)(H,25,31)(H,35,36)(H,37,38)(H2,23,26,27)(H2,32,33,34);10,12,14-15,17,30H,1-9,11H2,(H,25,31)(H,35,36)(H,37,38)(H2,22,27,28)(H4,23,24,26)(H2,32,33,34);10,12,14-15,17,27H,1-9,11,21H2,(H,23,28)(H,32,33)(H,34,35)(H2,22,24,25)(H2,29,30,31)/t16?,17-,19-;2*14?,15-,17-/m111/s1. The monoisotopic (exact) mass is 2060 g/mol. The van der Waals surface area contributed by atoms with Crippen molar-refractivity contribution in [2.75, 3.05) is 76.3 Å². The van der Waals surface area contributed by atoms with E-state index in [9.17, 15) is 105 Å². The third-order valence-electron chi connectivity index (χ3n) is 19.0. The van der Waals surface area contributed by atoms with Gasteiger partial charge in [0.15, 0.2) is 5.96 Å². The second-order valence-electron chi connectivity index (χ2n) is 29.4. The number of anilines is 3. The molecular weight excluding hydrogens is 1960 g/mol. The Kier molecular flexibility index (Phi) is 43.1. The van der Waals surface area contributed by atoms with Crippen LogP contribution in [0.5, 0.6) is 0 Å². The molecule has 3 aliphatic rings. The smallest absolute Gasteiger partial charge is 0.390 e. The van der Waals surface area contributed by atoms with Gasteiger partial charge in [-0.25, -0.2) is 71.0 Å². The van der Waals surface area contributed by atoms with Crippen molar-refractivity contribution in [3.63, 3.8) is 0 Å². The molecular formula is C63H109N20O40P9. The molecule has 0 saturated carbocycles. The SMILES string of the molecule is CC(=O)NCCCCCCNC(=O)CCc1cn([C@H]2CC(O)[C@@H](COP(=O)(O)OP(=O)(O)OP(=O)(O)O)O2)c2ncnc(N)c12.NC(N)=NCCCCCCNC(=O)CCc1cn([C@H]2CC(O)[C@@H](COP(=O)(O)OP(=O)(O)OP(=O)(O)O)O2)c2ncnc(N)c12.NCCCCCCNC(=O)CCc1cn([C@H]2CC(O)[C@@H](COP(=O)(O)OP(=O)(O)OP(=O)(O)O)O2)c2ncnc(N)c12. The molecule has 3 fully saturated rings. The number of carbonyl (C=O) groups excluding carboxylic acids is 4. The van der Waals surface area contributed by atoms with Gasteiger partial charge in [0.2, 0.25) is 23.6 Å².